The first-order valence-electron chi connectivity index (χ1n) is 3.68. The van der Waals surface area contributed by atoms with Crippen LogP contribution >= 0.6 is 46.8 Å². The number of H-pyrrole nitrogens is 1. The quantitative estimate of drug-likeness (QED) is 0.782. The Labute approximate surface area is 99.5 Å². The van der Waals surface area contributed by atoms with Crippen molar-refractivity contribution in [1.82, 2.24) is 10.2 Å². The number of hydrogen-bond acceptors (Lipinski definition) is 3. The van der Waals surface area contributed by atoms with Gasteiger partial charge >= 0.3 is 0 Å². The zero-order valence-corrected chi connectivity index (χ0v) is 9.90. The number of aromatic nitrogens is 2. The number of halogens is 2. The summed E-state index contributed by atoms with van der Waals surface area (Å²) in [5.41, 5.74) is 0.914. The maximum atomic E-state index is 5.88. The lowest BCUT2D eigenvalue weighted by Gasteiger charge is -1.97. The summed E-state index contributed by atoms with van der Waals surface area (Å²) in [7, 11) is 0. The molecule has 1 aromatic heterocycles. The van der Waals surface area contributed by atoms with Crippen molar-refractivity contribution in [3.05, 3.63) is 32.2 Å². The molecule has 0 aliphatic heterocycles. The third-order valence-corrected chi connectivity index (χ3v) is 3.48. The number of nitrogens with one attached hydrogen (secondary N) is 1. The summed E-state index contributed by atoms with van der Waals surface area (Å²) in [5.74, 6) is 0. The summed E-state index contributed by atoms with van der Waals surface area (Å²) >= 11 is 18.0. The van der Waals surface area contributed by atoms with Crippen LogP contribution < -0.4 is 0 Å². The fourth-order valence-electron chi connectivity index (χ4n) is 0.982. The van der Waals surface area contributed by atoms with Gasteiger partial charge in [0.25, 0.3) is 0 Å². The maximum Gasteiger partial charge on any atom is 0.176 e. The Balaban J connectivity index is 2.52. The lowest BCUT2D eigenvalue weighted by molar-refractivity contribution is 1.08. The fraction of sp³-hybridized carbons (Fsp3) is 0. The Morgan fingerprint density at radius 2 is 2.07 bits per heavy atom. The summed E-state index contributed by atoms with van der Waals surface area (Å²) in [6.07, 6.45) is 0. The minimum atomic E-state index is 0.519. The highest BCUT2D eigenvalue weighted by Gasteiger charge is 2.04. The van der Waals surface area contributed by atoms with Crippen molar-refractivity contribution in [2.75, 3.05) is 0 Å². The summed E-state index contributed by atoms with van der Waals surface area (Å²) in [6, 6.07) is 5.37. The Hall–Kier alpha value is -0.420. The van der Waals surface area contributed by atoms with Crippen molar-refractivity contribution >= 4 is 46.8 Å². The molecule has 0 saturated carbocycles. The smallest absolute Gasteiger partial charge is 0.176 e. The monoisotopic (exact) mass is 262 g/mol. The van der Waals surface area contributed by atoms with Crippen LogP contribution in [0.15, 0.2) is 18.2 Å². The minimum Gasteiger partial charge on any atom is -0.258 e. The Bertz CT molecular complexity index is 518. The van der Waals surface area contributed by atoms with E-state index in [1.54, 1.807) is 12.1 Å². The van der Waals surface area contributed by atoms with Gasteiger partial charge in [-0.25, -0.2) is 0 Å². The molecule has 2 aromatic rings. The molecule has 14 heavy (non-hydrogen) atoms. The van der Waals surface area contributed by atoms with E-state index in [1.807, 2.05) is 6.07 Å². The topological polar surface area (TPSA) is 28.7 Å². The van der Waals surface area contributed by atoms with Crippen LogP contribution in [0.2, 0.25) is 10.0 Å². The van der Waals surface area contributed by atoms with E-state index in [0.29, 0.717) is 14.0 Å². The van der Waals surface area contributed by atoms with Crippen molar-refractivity contribution in [1.29, 1.82) is 0 Å². The van der Waals surface area contributed by atoms with Gasteiger partial charge in [0.15, 0.2) is 3.95 Å². The molecule has 0 aliphatic rings. The molecule has 2 rings (SSSR count). The standard InChI is InChI=1S/C8H4Cl2N2S2/c9-5-2-1-4(3-6(5)10)7-11-12-8(13)14-7/h1-3H,(H,12,13). The van der Waals surface area contributed by atoms with Crippen LogP contribution in [0.25, 0.3) is 10.6 Å². The van der Waals surface area contributed by atoms with Crippen molar-refractivity contribution in [3.8, 4) is 10.6 Å². The van der Waals surface area contributed by atoms with Gasteiger partial charge in [0.1, 0.15) is 5.01 Å². The second kappa shape index (κ2) is 3.98. The van der Waals surface area contributed by atoms with Gasteiger partial charge in [0, 0.05) is 5.56 Å². The summed E-state index contributed by atoms with van der Waals surface area (Å²) in [5, 5.41) is 8.62. The number of nitrogens with zero attached hydrogens (tertiary/aromatic N) is 1. The SMILES string of the molecule is S=c1[nH]nc(-c2ccc(Cl)c(Cl)c2)s1. The molecule has 0 spiro atoms. The molecule has 72 valence electrons. The summed E-state index contributed by atoms with van der Waals surface area (Å²) in [6.45, 7) is 0. The zero-order chi connectivity index (χ0) is 10.1. The van der Waals surface area contributed by atoms with Crippen LogP contribution in [0, 0.1) is 3.95 Å². The summed E-state index contributed by atoms with van der Waals surface area (Å²) in [4.78, 5) is 0. The van der Waals surface area contributed by atoms with E-state index < -0.39 is 0 Å². The molecular weight excluding hydrogens is 259 g/mol. The highest BCUT2D eigenvalue weighted by molar-refractivity contribution is 7.73. The minimum absolute atomic E-state index is 0.519. The van der Waals surface area contributed by atoms with E-state index in [-0.39, 0.29) is 0 Å². The molecule has 0 bridgehead atoms. The second-order valence-electron chi connectivity index (χ2n) is 2.55. The number of hydrogen-bond donors (Lipinski definition) is 1. The van der Waals surface area contributed by atoms with Gasteiger partial charge < -0.3 is 0 Å². The molecule has 0 unspecified atom stereocenters. The number of aromatic amines is 1. The van der Waals surface area contributed by atoms with Gasteiger partial charge in [-0.2, -0.15) is 5.10 Å². The van der Waals surface area contributed by atoms with Gasteiger partial charge in [0.05, 0.1) is 10.0 Å². The van der Waals surface area contributed by atoms with E-state index in [9.17, 15) is 0 Å². The molecule has 0 fully saturated rings. The van der Waals surface area contributed by atoms with Crippen LogP contribution in [0.4, 0.5) is 0 Å². The first-order chi connectivity index (χ1) is 6.66. The van der Waals surface area contributed by atoms with E-state index in [1.165, 1.54) is 11.3 Å². The van der Waals surface area contributed by atoms with Crippen molar-refractivity contribution in [2.45, 2.75) is 0 Å². The second-order valence-corrected chi connectivity index (χ2v) is 5.03. The van der Waals surface area contributed by atoms with Crippen LogP contribution in [-0.2, 0) is 0 Å². The van der Waals surface area contributed by atoms with Gasteiger partial charge in [-0.05, 0) is 24.4 Å². The van der Waals surface area contributed by atoms with E-state index >= 15 is 0 Å². The van der Waals surface area contributed by atoms with E-state index in [2.05, 4.69) is 10.2 Å². The Morgan fingerprint density at radius 3 is 2.64 bits per heavy atom. The average molecular weight is 263 g/mol. The summed E-state index contributed by atoms with van der Waals surface area (Å²) < 4.78 is 0.645. The van der Waals surface area contributed by atoms with E-state index in [4.69, 9.17) is 35.4 Å². The lowest BCUT2D eigenvalue weighted by Crippen LogP contribution is -1.77. The normalized spacial score (nSPS) is 10.4. The molecule has 0 atom stereocenters. The molecule has 0 radical (unpaired) electrons. The molecule has 0 aliphatic carbocycles. The average Bonchev–Trinajstić information content (AvgIpc) is 2.57. The lowest BCUT2D eigenvalue weighted by atomic mass is 10.2. The van der Waals surface area contributed by atoms with Crippen molar-refractivity contribution < 1.29 is 0 Å². The zero-order valence-electron chi connectivity index (χ0n) is 6.75. The van der Waals surface area contributed by atoms with Gasteiger partial charge in [-0.15, -0.1) is 0 Å². The molecule has 1 aromatic carbocycles. The highest BCUT2D eigenvalue weighted by Crippen LogP contribution is 2.29. The van der Waals surface area contributed by atoms with Crippen molar-refractivity contribution in [2.24, 2.45) is 0 Å². The molecule has 0 amide bonds. The largest absolute Gasteiger partial charge is 0.258 e. The van der Waals surface area contributed by atoms with Gasteiger partial charge in [-0.3, -0.25) is 5.10 Å². The predicted octanol–water partition coefficient (Wildman–Crippen LogP) is 4.17. The maximum absolute atomic E-state index is 5.88. The molecule has 6 heteroatoms. The Morgan fingerprint density at radius 1 is 1.29 bits per heavy atom. The molecule has 1 heterocycles. The molecular formula is C8H4Cl2N2S2. The molecule has 2 nitrogen and oxygen atoms in total. The number of benzene rings is 1. The van der Waals surface area contributed by atoms with Crippen LogP contribution in [0.5, 0.6) is 0 Å². The van der Waals surface area contributed by atoms with Crippen LogP contribution in [0.1, 0.15) is 0 Å². The van der Waals surface area contributed by atoms with Gasteiger partial charge in [-0.1, -0.05) is 40.6 Å². The fourth-order valence-corrected chi connectivity index (χ4v) is 2.17. The van der Waals surface area contributed by atoms with E-state index in [0.717, 1.165) is 10.6 Å². The molecule has 1 N–H and O–H groups in total. The third-order valence-electron chi connectivity index (χ3n) is 1.60. The highest BCUT2D eigenvalue weighted by atomic mass is 35.5. The van der Waals surface area contributed by atoms with Crippen molar-refractivity contribution in [3.63, 3.8) is 0 Å². The number of rotatable bonds is 1. The van der Waals surface area contributed by atoms with Gasteiger partial charge in [0.2, 0.25) is 0 Å². The third kappa shape index (κ3) is 1.98. The molecule has 0 saturated heterocycles. The Kier molecular flexibility index (Phi) is 2.88. The first-order valence-corrected chi connectivity index (χ1v) is 5.66. The first kappa shape index (κ1) is 10.1. The van der Waals surface area contributed by atoms with Crippen LogP contribution in [-0.4, -0.2) is 10.2 Å². The predicted molar refractivity (Wildman–Crippen MR) is 62.8 cm³/mol. The van der Waals surface area contributed by atoms with Crippen LogP contribution in [0.3, 0.4) is 0 Å².